The van der Waals surface area contributed by atoms with Crippen molar-refractivity contribution in [3.05, 3.63) is 29.8 Å². The van der Waals surface area contributed by atoms with Crippen molar-refractivity contribution in [1.29, 1.82) is 0 Å². The van der Waals surface area contributed by atoms with Gasteiger partial charge in [-0.25, -0.2) is 0 Å². The molecule has 1 aromatic rings. The minimum atomic E-state index is -0.259. The van der Waals surface area contributed by atoms with Crippen molar-refractivity contribution in [3.63, 3.8) is 0 Å². The Bertz CT molecular complexity index is 385. The zero-order valence-corrected chi connectivity index (χ0v) is 10.1. The van der Waals surface area contributed by atoms with Gasteiger partial charge in [0.2, 0.25) is 5.91 Å². The van der Waals surface area contributed by atoms with Crippen LogP contribution >= 0.6 is 0 Å². The number of primary amides is 1. The molecule has 1 fully saturated rings. The van der Waals surface area contributed by atoms with Gasteiger partial charge in [-0.1, -0.05) is 12.1 Å². The molecule has 2 rings (SSSR count). The Kier molecular flexibility index (Phi) is 3.64. The minimum absolute atomic E-state index is 0.259. The molecule has 0 bridgehead atoms. The normalized spacial score (nSPS) is 14.9. The van der Waals surface area contributed by atoms with E-state index in [0.29, 0.717) is 12.6 Å². The van der Waals surface area contributed by atoms with Gasteiger partial charge >= 0.3 is 0 Å². The Labute approximate surface area is 101 Å². The summed E-state index contributed by atoms with van der Waals surface area (Å²) >= 11 is 0. The lowest BCUT2D eigenvalue weighted by molar-refractivity contribution is -0.119. The first-order valence-electron chi connectivity index (χ1n) is 5.84. The van der Waals surface area contributed by atoms with E-state index >= 15 is 0 Å². The maximum absolute atomic E-state index is 11.0. The molecule has 0 heterocycles. The molecule has 0 spiro atoms. The summed E-state index contributed by atoms with van der Waals surface area (Å²) in [6.45, 7) is 1.12. The summed E-state index contributed by atoms with van der Waals surface area (Å²) in [7, 11) is 1.65. The molecule has 1 amide bonds. The Morgan fingerprint density at radius 2 is 2.06 bits per heavy atom. The molecule has 1 saturated carbocycles. The van der Waals surface area contributed by atoms with Crippen molar-refractivity contribution < 1.29 is 9.53 Å². The molecule has 0 aromatic heterocycles. The largest absolute Gasteiger partial charge is 0.497 e. The van der Waals surface area contributed by atoms with E-state index in [1.54, 1.807) is 7.11 Å². The number of methoxy groups -OCH3 is 1. The SMILES string of the molecule is COc1ccc(CN(CC(N)=O)C2CC2)cc1. The van der Waals surface area contributed by atoms with Crippen molar-refractivity contribution in [2.75, 3.05) is 13.7 Å². The minimum Gasteiger partial charge on any atom is -0.497 e. The highest BCUT2D eigenvalue weighted by Gasteiger charge is 2.29. The number of ether oxygens (including phenoxy) is 1. The molecular formula is C13H18N2O2. The summed E-state index contributed by atoms with van der Waals surface area (Å²) in [5, 5.41) is 0. The second-order valence-electron chi connectivity index (χ2n) is 4.45. The lowest BCUT2D eigenvalue weighted by Gasteiger charge is -2.20. The fourth-order valence-corrected chi connectivity index (χ4v) is 1.92. The summed E-state index contributed by atoms with van der Waals surface area (Å²) in [4.78, 5) is 13.1. The number of rotatable bonds is 6. The molecule has 0 unspecified atom stereocenters. The van der Waals surface area contributed by atoms with Gasteiger partial charge in [0.15, 0.2) is 0 Å². The number of carbonyl (C=O) groups excluding carboxylic acids is 1. The number of amides is 1. The third kappa shape index (κ3) is 3.46. The molecular weight excluding hydrogens is 216 g/mol. The predicted molar refractivity (Wildman–Crippen MR) is 65.6 cm³/mol. The van der Waals surface area contributed by atoms with Gasteiger partial charge in [-0.05, 0) is 30.5 Å². The van der Waals surface area contributed by atoms with Gasteiger partial charge in [0.1, 0.15) is 5.75 Å². The fraction of sp³-hybridized carbons (Fsp3) is 0.462. The van der Waals surface area contributed by atoms with Crippen LogP contribution in [0.3, 0.4) is 0 Å². The van der Waals surface area contributed by atoms with E-state index in [2.05, 4.69) is 4.90 Å². The van der Waals surface area contributed by atoms with Crippen LogP contribution in [-0.2, 0) is 11.3 Å². The van der Waals surface area contributed by atoms with Crippen molar-refractivity contribution in [2.45, 2.75) is 25.4 Å². The Hall–Kier alpha value is -1.55. The van der Waals surface area contributed by atoms with Crippen molar-refractivity contribution >= 4 is 5.91 Å². The molecule has 17 heavy (non-hydrogen) atoms. The third-order valence-electron chi connectivity index (χ3n) is 2.97. The molecule has 0 aliphatic heterocycles. The van der Waals surface area contributed by atoms with Crippen LogP contribution in [0.25, 0.3) is 0 Å². The molecule has 0 saturated heterocycles. The van der Waals surface area contributed by atoms with Crippen LogP contribution in [0.5, 0.6) is 5.75 Å². The van der Waals surface area contributed by atoms with Crippen LogP contribution < -0.4 is 10.5 Å². The number of hydrogen-bond acceptors (Lipinski definition) is 3. The van der Waals surface area contributed by atoms with Gasteiger partial charge in [0.05, 0.1) is 13.7 Å². The molecule has 1 aliphatic rings. The average molecular weight is 234 g/mol. The molecule has 1 aliphatic carbocycles. The van der Waals surface area contributed by atoms with Crippen LogP contribution in [-0.4, -0.2) is 30.5 Å². The van der Waals surface area contributed by atoms with Crippen molar-refractivity contribution in [3.8, 4) is 5.75 Å². The maximum Gasteiger partial charge on any atom is 0.231 e. The summed E-state index contributed by atoms with van der Waals surface area (Å²) in [6, 6.07) is 8.45. The smallest absolute Gasteiger partial charge is 0.231 e. The monoisotopic (exact) mass is 234 g/mol. The van der Waals surface area contributed by atoms with Gasteiger partial charge in [0.25, 0.3) is 0 Å². The van der Waals surface area contributed by atoms with E-state index in [1.165, 1.54) is 18.4 Å². The quantitative estimate of drug-likeness (QED) is 0.803. The van der Waals surface area contributed by atoms with Gasteiger partial charge < -0.3 is 10.5 Å². The highest BCUT2D eigenvalue weighted by Crippen LogP contribution is 2.28. The van der Waals surface area contributed by atoms with Crippen LogP contribution in [0.4, 0.5) is 0 Å². The molecule has 0 atom stereocenters. The van der Waals surface area contributed by atoms with E-state index in [1.807, 2.05) is 24.3 Å². The number of carbonyl (C=O) groups is 1. The van der Waals surface area contributed by atoms with Gasteiger partial charge in [-0.15, -0.1) is 0 Å². The Balaban J connectivity index is 1.98. The Morgan fingerprint density at radius 1 is 1.41 bits per heavy atom. The van der Waals surface area contributed by atoms with E-state index < -0.39 is 0 Å². The van der Waals surface area contributed by atoms with Crippen LogP contribution in [0.15, 0.2) is 24.3 Å². The third-order valence-corrected chi connectivity index (χ3v) is 2.97. The number of nitrogens with two attached hydrogens (primary N) is 1. The van der Waals surface area contributed by atoms with Crippen molar-refractivity contribution in [2.24, 2.45) is 5.73 Å². The van der Waals surface area contributed by atoms with Crippen molar-refractivity contribution in [1.82, 2.24) is 4.90 Å². The molecule has 4 nitrogen and oxygen atoms in total. The average Bonchev–Trinajstić information content (AvgIpc) is 3.12. The summed E-state index contributed by atoms with van der Waals surface area (Å²) in [5.74, 6) is 0.590. The van der Waals surface area contributed by atoms with Gasteiger partial charge in [-0.3, -0.25) is 9.69 Å². The van der Waals surface area contributed by atoms with Gasteiger partial charge in [0, 0.05) is 12.6 Å². The highest BCUT2D eigenvalue weighted by molar-refractivity contribution is 5.76. The molecule has 1 aromatic carbocycles. The van der Waals surface area contributed by atoms with Crippen LogP contribution in [0.2, 0.25) is 0 Å². The second-order valence-corrected chi connectivity index (χ2v) is 4.45. The highest BCUT2D eigenvalue weighted by atomic mass is 16.5. The number of nitrogens with zero attached hydrogens (tertiary/aromatic N) is 1. The summed E-state index contributed by atoms with van der Waals surface area (Å²) in [5.41, 5.74) is 6.44. The van der Waals surface area contributed by atoms with E-state index in [9.17, 15) is 4.79 Å². The predicted octanol–water partition coefficient (Wildman–Crippen LogP) is 1.14. The fourth-order valence-electron chi connectivity index (χ4n) is 1.92. The van der Waals surface area contributed by atoms with Gasteiger partial charge in [-0.2, -0.15) is 0 Å². The lowest BCUT2D eigenvalue weighted by atomic mass is 10.2. The molecule has 2 N–H and O–H groups in total. The summed E-state index contributed by atoms with van der Waals surface area (Å²) in [6.07, 6.45) is 2.34. The number of hydrogen-bond donors (Lipinski definition) is 1. The first kappa shape index (κ1) is 11.9. The molecule has 0 radical (unpaired) electrons. The van der Waals surface area contributed by atoms with E-state index in [-0.39, 0.29) is 5.91 Å². The molecule has 4 heteroatoms. The topological polar surface area (TPSA) is 55.6 Å². The zero-order valence-electron chi connectivity index (χ0n) is 10.1. The van der Waals surface area contributed by atoms with E-state index in [0.717, 1.165) is 12.3 Å². The van der Waals surface area contributed by atoms with Crippen LogP contribution in [0, 0.1) is 0 Å². The Morgan fingerprint density at radius 3 is 2.53 bits per heavy atom. The molecule has 92 valence electrons. The lowest BCUT2D eigenvalue weighted by Crippen LogP contribution is -2.34. The first-order chi connectivity index (χ1) is 8.19. The maximum atomic E-state index is 11.0. The first-order valence-corrected chi connectivity index (χ1v) is 5.84. The standard InChI is InChI=1S/C13H18N2O2/c1-17-12-6-2-10(3-7-12)8-15(9-13(14)16)11-4-5-11/h2-3,6-7,11H,4-5,8-9H2,1H3,(H2,14,16). The zero-order chi connectivity index (χ0) is 12.3. The second kappa shape index (κ2) is 5.19. The summed E-state index contributed by atoms with van der Waals surface area (Å²) < 4.78 is 5.11. The van der Waals surface area contributed by atoms with E-state index in [4.69, 9.17) is 10.5 Å². The van der Waals surface area contributed by atoms with Crippen LogP contribution in [0.1, 0.15) is 18.4 Å². The number of benzene rings is 1.